The highest BCUT2D eigenvalue weighted by atomic mass is 16.5. The van der Waals surface area contributed by atoms with Crippen LogP contribution < -0.4 is 15.4 Å². The predicted octanol–water partition coefficient (Wildman–Crippen LogP) is 2.92. The highest BCUT2D eigenvalue weighted by Crippen LogP contribution is 2.11. The van der Waals surface area contributed by atoms with Gasteiger partial charge in [-0.15, -0.1) is 0 Å². The first-order chi connectivity index (χ1) is 12.7. The molecule has 0 aromatic heterocycles. The van der Waals surface area contributed by atoms with Gasteiger partial charge in [0, 0.05) is 26.1 Å². The second-order valence-electron chi connectivity index (χ2n) is 6.03. The summed E-state index contributed by atoms with van der Waals surface area (Å²) in [6, 6.07) is 8.13. The Morgan fingerprint density at radius 2 is 1.77 bits per heavy atom. The number of nitrogens with zero attached hydrogens (tertiary/aromatic N) is 1. The number of aliphatic imine (C=N–C) groups is 1. The van der Waals surface area contributed by atoms with Gasteiger partial charge >= 0.3 is 5.97 Å². The maximum Gasteiger partial charge on any atom is 0.305 e. The van der Waals surface area contributed by atoms with Crippen molar-refractivity contribution in [1.29, 1.82) is 0 Å². The summed E-state index contributed by atoms with van der Waals surface area (Å²) in [7, 11) is 3.11. The number of nitrogens with one attached hydrogen (secondary N) is 2. The predicted molar refractivity (Wildman–Crippen MR) is 106 cm³/mol. The van der Waals surface area contributed by atoms with Gasteiger partial charge in [0.05, 0.1) is 14.2 Å². The first kappa shape index (κ1) is 21.8. The lowest BCUT2D eigenvalue weighted by atomic mass is 10.1. The quantitative estimate of drug-likeness (QED) is 0.259. The average Bonchev–Trinajstić information content (AvgIpc) is 2.67. The molecule has 0 atom stereocenters. The zero-order chi connectivity index (χ0) is 19.0. The third-order valence-corrected chi connectivity index (χ3v) is 4.00. The average molecular weight is 364 g/mol. The minimum Gasteiger partial charge on any atom is -0.497 e. The lowest BCUT2D eigenvalue weighted by Gasteiger charge is -2.11. The van der Waals surface area contributed by atoms with E-state index in [4.69, 9.17) is 4.74 Å². The van der Waals surface area contributed by atoms with Gasteiger partial charge in [-0.1, -0.05) is 25.0 Å². The second-order valence-corrected chi connectivity index (χ2v) is 6.03. The smallest absolute Gasteiger partial charge is 0.305 e. The van der Waals surface area contributed by atoms with Crippen molar-refractivity contribution >= 4 is 11.9 Å². The van der Waals surface area contributed by atoms with Gasteiger partial charge in [0.25, 0.3) is 0 Å². The Bertz CT molecular complexity index is 530. The molecule has 0 fully saturated rings. The van der Waals surface area contributed by atoms with Gasteiger partial charge in [0.2, 0.25) is 0 Å². The zero-order valence-corrected chi connectivity index (χ0v) is 16.3. The molecule has 0 spiro atoms. The summed E-state index contributed by atoms with van der Waals surface area (Å²) in [5.74, 6) is 1.61. The Morgan fingerprint density at radius 1 is 1.04 bits per heavy atom. The molecule has 6 heteroatoms. The number of esters is 1. The van der Waals surface area contributed by atoms with Crippen LogP contribution in [0.2, 0.25) is 0 Å². The van der Waals surface area contributed by atoms with Gasteiger partial charge in [0.1, 0.15) is 5.75 Å². The molecule has 1 aromatic carbocycles. The van der Waals surface area contributed by atoms with Crippen LogP contribution in [0.1, 0.15) is 44.6 Å². The normalized spacial score (nSPS) is 11.1. The second kappa shape index (κ2) is 14.0. The van der Waals surface area contributed by atoms with Crippen LogP contribution in [-0.4, -0.2) is 45.8 Å². The molecular weight excluding hydrogens is 330 g/mol. The molecule has 6 nitrogen and oxygen atoms in total. The number of hydrogen-bond acceptors (Lipinski definition) is 4. The van der Waals surface area contributed by atoms with Crippen molar-refractivity contribution in [2.45, 2.75) is 45.4 Å². The van der Waals surface area contributed by atoms with Gasteiger partial charge < -0.3 is 20.1 Å². The van der Waals surface area contributed by atoms with Crippen LogP contribution >= 0.6 is 0 Å². The fourth-order valence-corrected chi connectivity index (χ4v) is 2.49. The monoisotopic (exact) mass is 363 g/mol. The molecule has 0 heterocycles. The largest absolute Gasteiger partial charge is 0.497 e. The van der Waals surface area contributed by atoms with E-state index in [-0.39, 0.29) is 5.97 Å². The fraction of sp³-hybridized carbons (Fsp3) is 0.600. The molecule has 1 aromatic rings. The molecule has 1 rings (SSSR count). The van der Waals surface area contributed by atoms with Gasteiger partial charge in [-0.05, 0) is 43.9 Å². The van der Waals surface area contributed by atoms with Crippen LogP contribution in [0.15, 0.2) is 29.3 Å². The first-order valence-corrected chi connectivity index (χ1v) is 9.41. The summed E-state index contributed by atoms with van der Waals surface area (Å²) in [4.78, 5) is 15.6. The number of guanidine groups is 1. The fourth-order valence-electron chi connectivity index (χ4n) is 2.49. The summed E-state index contributed by atoms with van der Waals surface area (Å²) in [5, 5.41) is 6.64. The minimum atomic E-state index is -0.126. The summed E-state index contributed by atoms with van der Waals surface area (Å²) in [6.07, 6.45) is 5.46. The van der Waals surface area contributed by atoms with E-state index >= 15 is 0 Å². The highest BCUT2D eigenvalue weighted by Gasteiger charge is 2.00. The molecule has 0 radical (unpaired) electrons. The zero-order valence-electron chi connectivity index (χ0n) is 16.3. The molecule has 0 bridgehead atoms. The van der Waals surface area contributed by atoms with E-state index in [0.717, 1.165) is 63.4 Å². The van der Waals surface area contributed by atoms with Gasteiger partial charge in [-0.25, -0.2) is 0 Å². The van der Waals surface area contributed by atoms with Gasteiger partial charge in [-0.2, -0.15) is 0 Å². The summed E-state index contributed by atoms with van der Waals surface area (Å²) >= 11 is 0. The van der Waals surface area contributed by atoms with Crippen LogP contribution in [0.25, 0.3) is 0 Å². The number of methoxy groups -OCH3 is 2. The SMILES string of the molecule is CCNC(=NCCCCCCC(=O)OC)NCCc1ccc(OC)cc1. The van der Waals surface area contributed by atoms with E-state index in [2.05, 4.69) is 39.4 Å². The Kier molecular flexibility index (Phi) is 11.7. The van der Waals surface area contributed by atoms with Gasteiger partial charge in [-0.3, -0.25) is 9.79 Å². The maximum absolute atomic E-state index is 11.0. The van der Waals surface area contributed by atoms with Crippen molar-refractivity contribution < 1.29 is 14.3 Å². The van der Waals surface area contributed by atoms with Crippen molar-refractivity contribution in [3.05, 3.63) is 29.8 Å². The topological polar surface area (TPSA) is 72.0 Å². The number of benzene rings is 1. The summed E-state index contributed by atoms with van der Waals surface area (Å²) in [5.41, 5.74) is 1.26. The minimum absolute atomic E-state index is 0.126. The number of carbonyl (C=O) groups is 1. The van der Waals surface area contributed by atoms with E-state index < -0.39 is 0 Å². The molecule has 2 N–H and O–H groups in total. The molecule has 0 aliphatic rings. The molecule has 0 unspecified atom stereocenters. The van der Waals surface area contributed by atoms with E-state index in [1.807, 2.05) is 12.1 Å². The Labute approximate surface area is 157 Å². The lowest BCUT2D eigenvalue weighted by Crippen LogP contribution is -2.38. The number of hydrogen-bond donors (Lipinski definition) is 2. The Balaban J connectivity index is 2.22. The van der Waals surface area contributed by atoms with Crippen LogP contribution in [-0.2, 0) is 16.0 Å². The number of unbranched alkanes of at least 4 members (excludes halogenated alkanes) is 3. The molecule has 0 saturated carbocycles. The van der Waals surface area contributed by atoms with Crippen LogP contribution in [0.3, 0.4) is 0 Å². The van der Waals surface area contributed by atoms with Crippen molar-refractivity contribution in [2.24, 2.45) is 4.99 Å². The number of rotatable bonds is 12. The standard InChI is InChI=1S/C20H33N3O3/c1-4-21-20(22-15-8-6-5-7-9-19(24)26-3)23-16-14-17-10-12-18(25-2)13-11-17/h10-13H,4-9,14-16H2,1-3H3,(H2,21,22,23). The van der Waals surface area contributed by atoms with Crippen LogP contribution in [0.5, 0.6) is 5.75 Å². The Morgan fingerprint density at radius 3 is 2.42 bits per heavy atom. The van der Waals surface area contributed by atoms with Crippen molar-refractivity contribution in [2.75, 3.05) is 33.9 Å². The van der Waals surface area contributed by atoms with Gasteiger partial charge in [0.15, 0.2) is 5.96 Å². The van der Waals surface area contributed by atoms with Crippen molar-refractivity contribution in [3.8, 4) is 5.75 Å². The molecule has 26 heavy (non-hydrogen) atoms. The third-order valence-electron chi connectivity index (χ3n) is 4.00. The van der Waals surface area contributed by atoms with E-state index in [1.54, 1.807) is 7.11 Å². The molecular formula is C20H33N3O3. The third kappa shape index (κ3) is 9.91. The molecule has 0 aliphatic carbocycles. The Hall–Kier alpha value is -2.24. The maximum atomic E-state index is 11.0. The van der Waals surface area contributed by atoms with E-state index in [9.17, 15) is 4.79 Å². The first-order valence-electron chi connectivity index (χ1n) is 9.41. The number of ether oxygens (including phenoxy) is 2. The molecule has 0 saturated heterocycles. The molecule has 146 valence electrons. The van der Waals surface area contributed by atoms with Crippen molar-refractivity contribution in [3.63, 3.8) is 0 Å². The van der Waals surface area contributed by atoms with Crippen LogP contribution in [0.4, 0.5) is 0 Å². The van der Waals surface area contributed by atoms with E-state index in [0.29, 0.717) is 6.42 Å². The number of carbonyl (C=O) groups excluding carboxylic acids is 1. The van der Waals surface area contributed by atoms with E-state index in [1.165, 1.54) is 12.7 Å². The lowest BCUT2D eigenvalue weighted by molar-refractivity contribution is -0.140. The summed E-state index contributed by atoms with van der Waals surface area (Å²) < 4.78 is 9.81. The molecule has 0 amide bonds. The van der Waals surface area contributed by atoms with Crippen molar-refractivity contribution in [1.82, 2.24) is 10.6 Å². The summed E-state index contributed by atoms with van der Waals surface area (Å²) in [6.45, 7) is 4.52. The highest BCUT2D eigenvalue weighted by molar-refractivity contribution is 5.79. The van der Waals surface area contributed by atoms with Crippen LogP contribution in [0, 0.1) is 0 Å². The molecule has 0 aliphatic heterocycles.